The second-order valence-corrected chi connectivity index (χ2v) is 3.88. The lowest BCUT2D eigenvalue weighted by Gasteiger charge is -2.25. The molecule has 0 aliphatic heterocycles. The Morgan fingerprint density at radius 1 is 1.21 bits per heavy atom. The van der Waals surface area contributed by atoms with Crippen molar-refractivity contribution in [3.05, 3.63) is 0 Å². The van der Waals surface area contributed by atoms with Crippen molar-refractivity contribution < 1.29 is 9.90 Å². The molecular weight excluding hydrogens is 178 g/mol. The number of hydrogen-bond donors (Lipinski definition) is 2. The van der Waals surface area contributed by atoms with Gasteiger partial charge in [0.25, 0.3) is 0 Å². The van der Waals surface area contributed by atoms with E-state index >= 15 is 0 Å². The highest BCUT2D eigenvalue weighted by atomic mass is 16.4. The standard InChI is InChI=1S/C11H23NO2/c1-5-8(4)10(11(13)14)12-9(6-2)7-3/h8-10,12H,5-7H2,1-4H3,(H,13,14). The van der Waals surface area contributed by atoms with Crippen LogP contribution in [0.5, 0.6) is 0 Å². The Morgan fingerprint density at radius 3 is 2.00 bits per heavy atom. The van der Waals surface area contributed by atoms with Gasteiger partial charge in [0.1, 0.15) is 6.04 Å². The van der Waals surface area contributed by atoms with Crippen LogP contribution < -0.4 is 5.32 Å². The Morgan fingerprint density at radius 2 is 1.71 bits per heavy atom. The van der Waals surface area contributed by atoms with Crippen molar-refractivity contribution in [3.63, 3.8) is 0 Å². The molecule has 0 amide bonds. The van der Waals surface area contributed by atoms with E-state index in [1.165, 1.54) is 0 Å². The van der Waals surface area contributed by atoms with E-state index in [2.05, 4.69) is 19.2 Å². The van der Waals surface area contributed by atoms with Crippen LogP contribution >= 0.6 is 0 Å². The molecule has 0 aromatic heterocycles. The van der Waals surface area contributed by atoms with Gasteiger partial charge < -0.3 is 10.4 Å². The second kappa shape index (κ2) is 6.82. The van der Waals surface area contributed by atoms with Gasteiger partial charge in [0.15, 0.2) is 0 Å². The maximum absolute atomic E-state index is 11.0. The summed E-state index contributed by atoms with van der Waals surface area (Å²) in [5, 5.41) is 12.3. The number of nitrogens with one attached hydrogen (secondary N) is 1. The minimum atomic E-state index is -0.730. The van der Waals surface area contributed by atoms with E-state index in [0.717, 1.165) is 19.3 Å². The van der Waals surface area contributed by atoms with Crippen LogP contribution in [0.1, 0.15) is 47.0 Å². The van der Waals surface area contributed by atoms with Gasteiger partial charge in [-0.05, 0) is 18.8 Å². The SMILES string of the molecule is CCC(CC)NC(C(=O)O)C(C)CC. The van der Waals surface area contributed by atoms with Gasteiger partial charge in [-0.1, -0.05) is 34.1 Å². The van der Waals surface area contributed by atoms with Gasteiger partial charge in [0.05, 0.1) is 0 Å². The predicted molar refractivity (Wildman–Crippen MR) is 58.4 cm³/mol. The molecule has 3 nitrogen and oxygen atoms in total. The minimum absolute atomic E-state index is 0.188. The minimum Gasteiger partial charge on any atom is -0.480 e. The molecule has 14 heavy (non-hydrogen) atoms. The zero-order valence-corrected chi connectivity index (χ0v) is 9.71. The van der Waals surface area contributed by atoms with E-state index in [4.69, 9.17) is 5.11 Å². The predicted octanol–water partition coefficient (Wildman–Crippen LogP) is 2.26. The van der Waals surface area contributed by atoms with Gasteiger partial charge in [-0.3, -0.25) is 4.79 Å². The van der Waals surface area contributed by atoms with E-state index in [0.29, 0.717) is 6.04 Å². The first-order valence-corrected chi connectivity index (χ1v) is 5.55. The average Bonchev–Trinajstić information content (AvgIpc) is 2.18. The van der Waals surface area contributed by atoms with Crippen LogP contribution in [-0.4, -0.2) is 23.2 Å². The van der Waals surface area contributed by atoms with Crippen LogP contribution in [0, 0.1) is 5.92 Å². The lowest BCUT2D eigenvalue weighted by molar-refractivity contribution is -0.141. The van der Waals surface area contributed by atoms with E-state index < -0.39 is 12.0 Å². The van der Waals surface area contributed by atoms with Crippen molar-refractivity contribution in [1.29, 1.82) is 0 Å². The lowest BCUT2D eigenvalue weighted by Crippen LogP contribution is -2.46. The zero-order valence-electron chi connectivity index (χ0n) is 9.71. The largest absolute Gasteiger partial charge is 0.480 e. The van der Waals surface area contributed by atoms with Crippen LogP contribution in [0.3, 0.4) is 0 Å². The fraction of sp³-hybridized carbons (Fsp3) is 0.909. The molecule has 0 aliphatic carbocycles. The molecule has 0 heterocycles. The van der Waals surface area contributed by atoms with E-state index in [1.807, 2.05) is 13.8 Å². The molecule has 0 rings (SSSR count). The molecule has 0 bridgehead atoms. The molecule has 2 unspecified atom stereocenters. The molecule has 0 aromatic rings. The summed E-state index contributed by atoms with van der Waals surface area (Å²) >= 11 is 0. The molecule has 0 fully saturated rings. The number of carboxylic acids is 1. The summed E-state index contributed by atoms with van der Waals surface area (Å²) in [6, 6.07) is -0.0741. The third-order valence-corrected chi connectivity index (χ3v) is 2.88. The molecule has 0 saturated heterocycles. The molecule has 0 radical (unpaired) electrons. The van der Waals surface area contributed by atoms with Gasteiger partial charge in [-0.2, -0.15) is 0 Å². The fourth-order valence-electron chi connectivity index (χ4n) is 1.49. The van der Waals surface area contributed by atoms with Crippen LogP contribution in [0.15, 0.2) is 0 Å². The van der Waals surface area contributed by atoms with Gasteiger partial charge in [-0.25, -0.2) is 0 Å². The molecular formula is C11H23NO2. The van der Waals surface area contributed by atoms with Crippen molar-refractivity contribution in [2.75, 3.05) is 0 Å². The van der Waals surface area contributed by atoms with Gasteiger partial charge in [0, 0.05) is 6.04 Å². The average molecular weight is 201 g/mol. The van der Waals surface area contributed by atoms with Gasteiger partial charge in [0.2, 0.25) is 0 Å². The zero-order chi connectivity index (χ0) is 11.1. The highest BCUT2D eigenvalue weighted by Gasteiger charge is 2.24. The van der Waals surface area contributed by atoms with Crippen molar-refractivity contribution >= 4 is 5.97 Å². The molecule has 0 aliphatic rings. The van der Waals surface area contributed by atoms with Crippen molar-refractivity contribution in [2.24, 2.45) is 5.92 Å². The van der Waals surface area contributed by atoms with Crippen LogP contribution in [-0.2, 0) is 4.79 Å². The topological polar surface area (TPSA) is 49.3 Å². The Labute approximate surface area is 86.9 Å². The van der Waals surface area contributed by atoms with Crippen LogP contribution in [0.2, 0.25) is 0 Å². The molecule has 0 aromatic carbocycles. The van der Waals surface area contributed by atoms with Crippen molar-refractivity contribution in [2.45, 2.75) is 59.0 Å². The first kappa shape index (κ1) is 13.4. The first-order valence-electron chi connectivity index (χ1n) is 5.55. The Hall–Kier alpha value is -0.570. The number of carbonyl (C=O) groups is 1. The maximum Gasteiger partial charge on any atom is 0.320 e. The molecule has 0 saturated carbocycles. The van der Waals surface area contributed by atoms with Crippen molar-refractivity contribution in [1.82, 2.24) is 5.32 Å². The Bertz CT molecular complexity index is 167. The summed E-state index contributed by atoms with van der Waals surface area (Å²) in [5.74, 6) is -0.542. The molecule has 2 N–H and O–H groups in total. The molecule has 3 heteroatoms. The van der Waals surface area contributed by atoms with Gasteiger partial charge >= 0.3 is 5.97 Å². The lowest BCUT2D eigenvalue weighted by atomic mass is 9.97. The van der Waals surface area contributed by atoms with E-state index in [9.17, 15) is 4.79 Å². The van der Waals surface area contributed by atoms with Crippen molar-refractivity contribution in [3.8, 4) is 0 Å². The fourth-order valence-corrected chi connectivity index (χ4v) is 1.49. The Kier molecular flexibility index (Phi) is 6.54. The van der Waals surface area contributed by atoms with Crippen LogP contribution in [0.25, 0.3) is 0 Å². The summed E-state index contributed by atoms with van der Waals surface area (Å²) in [4.78, 5) is 11.0. The molecule has 84 valence electrons. The normalized spacial score (nSPS) is 15.5. The van der Waals surface area contributed by atoms with E-state index in [-0.39, 0.29) is 5.92 Å². The summed E-state index contributed by atoms with van der Waals surface area (Å²) in [7, 11) is 0. The summed E-state index contributed by atoms with van der Waals surface area (Å²) < 4.78 is 0. The smallest absolute Gasteiger partial charge is 0.320 e. The summed E-state index contributed by atoms with van der Waals surface area (Å²) in [6.07, 6.45) is 2.86. The monoisotopic (exact) mass is 201 g/mol. The first-order chi connectivity index (χ1) is 6.56. The molecule has 0 spiro atoms. The quantitative estimate of drug-likeness (QED) is 0.664. The van der Waals surface area contributed by atoms with Gasteiger partial charge in [-0.15, -0.1) is 0 Å². The molecule has 2 atom stereocenters. The number of rotatable bonds is 7. The number of hydrogen-bond acceptors (Lipinski definition) is 2. The highest BCUT2D eigenvalue weighted by Crippen LogP contribution is 2.10. The second-order valence-electron chi connectivity index (χ2n) is 3.88. The Balaban J connectivity index is 4.28. The third kappa shape index (κ3) is 4.09. The third-order valence-electron chi connectivity index (χ3n) is 2.88. The van der Waals surface area contributed by atoms with Crippen LogP contribution in [0.4, 0.5) is 0 Å². The highest BCUT2D eigenvalue weighted by molar-refractivity contribution is 5.73. The number of carboxylic acid groups (broad SMARTS) is 1. The maximum atomic E-state index is 11.0. The summed E-state index contributed by atoms with van der Waals surface area (Å²) in [5.41, 5.74) is 0. The number of aliphatic carboxylic acids is 1. The van der Waals surface area contributed by atoms with E-state index in [1.54, 1.807) is 0 Å². The summed E-state index contributed by atoms with van der Waals surface area (Å²) in [6.45, 7) is 8.16.